The fraction of sp³-hybridized carbons (Fsp3) is 0.136. The van der Waals surface area contributed by atoms with E-state index in [1.165, 1.54) is 12.1 Å². The van der Waals surface area contributed by atoms with Gasteiger partial charge in [0.25, 0.3) is 5.91 Å². The van der Waals surface area contributed by atoms with Crippen molar-refractivity contribution in [1.29, 1.82) is 0 Å². The molecule has 0 bridgehead atoms. The van der Waals surface area contributed by atoms with Gasteiger partial charge in [-0.05, 0) is 41.5 Å². The third-order valence-corrected chi connectivity index (χ3v) is 5.23. The van der Waals surface area contributed by atoms with Crippen molar-refractivity contribution >= 4 is 15.7 Å². The second-order valence-corrected chi connectivity index (χ2v) is 8.42. The zero-order valence-electron chi connectivity index (χ0n) is 15.5. The zero-order chi connectivity index (χ0) is 20.0. The lowest BCUT2D eigenvalue weighted by Crippen LogP contribution is -2.23. The molecule has 0 saturated carbocycles. The lowest BCUT2D eigenvalue weighted by molar-refractivity contribution is 0.0950. The molecule has 0 spiro atoms. The fourth-order valence-corrected chi connectivity index (χ4v) is 3.31. The molecule has 0 atom stereocenters. The van der Waals surface area contributed by atoms with E-state index in [-0.39, 0.29) is 10.8 Å². The Morgan fingerprint density at radius 1 is 0.893 bits per heavy atom. The Labute approximate surface area is 164 Å². The SMILES string of the molecule is CS(=O)(=O)c1cccc(C(=O)NCc2cccc(OCc3ccccc3)c2)c1. The summed E-state index contributed by atoms with van der Waals surface area (Å²) in [7, 11) is -3.36. The normalized spacial score (nSPS) is 11.0. The first kappa shape index (κ1) is 19.6. The maximum absolute atomic E-state index is 12.4. The number of amides is 1. The molecular formula is C22H21NO4S. The van der Waals surface area contributed by atoms with Gasteiger partial charge in [-0.1, -0.05) is 48.5 Å². The molecule has 0 saturated heterocycles. The minimum Gasteiger partial charge on any atom is -0.489 e. The Hall–Kier alpha value is -3.12. The number of hydrogen-bond donors (Lipinski definition) is 1. The van der Waals surface area contributed by atoms with Gasteiger partial charge in [0.2, 0.25) is 0 Å². The highest BCUT2D eigenvalue weighted by atomic mass is 32.2. The average Bonchev–Trinajstić information content (AvgIpc) is 2.71. The fourth-order valence-electron chi connectivity index (χ4n) is 2.64. The maximum atomic E-state index is 12.4. The van der Waals surface area contributed by atoms with Crippen LogP contribution >= 0.6 is 0 Å². The van der Waals surface area contributed by atoms with Crippen molar-refractivity contribution < 1.29 is 17.9 Å². The molecule has 6 heteroatoms. The summed E-state index contributed by atoms with van der Waals surface area (Å²) >= 11 is 0. The van der Waals surface area contributed by atoms with E-state index in [0.717, 1.165) is 23.1 Å². The molecule has 1 amide bonds. The number of hydrogen-bond acceptors (Lipinski definition) is 4. The van der Waals surface area contributed by atoms with Crippen LogP contribution in [-0.2, 0) is 23.0 Å². The van der Waals surface area contributed by atoms with Gasteiger partial charge in [-0.2, -0.15) is 0 Å². The Morgan fingerprint density at radius 2 is 1.61 bits per heavy atom. The topological polar surface area (TPSA) is 72.5 Å². The number of nitrogens with one attached hydrogen (secondary N) is 1. The van der Waals surface area contributed by atoms with Crippen molar-refractivity contribution in [2.75, 3.05) is 6.26 Å². The van der Waals surface area contributed by atoms with Gasteiger partial charge in [0, 0.05) is 18.4 Å². The van der Waals surface area contributed by atoms with Crippen LogP contribution in [0.1, 0.15) is 21.5 Å². The van der Waals surface area contributed by atoms with Crippen LogP contribution in [0.3, 0.4) is 0 Å². The predicted octanol–water partition coefficient (Wildman–Crippen LogP) is 3.60. The molecule has 0 aliphatic carbocycles. The molecule has 0 aromatic heterocycles. The zero-order valence-corrected chi connectivity index (χ0v) is 16.3. The number of ether oxygens (including phenoxy) is 1. The minimum absolute atomic E-state index is 0.122. The van der Waals surface area contributed by atoms with Gasteiger partial charge in [0.15, 0.2) is 9.84 Å². The summed E-state index contributed by atoms with van der Waals surface area (Å²) in [6.45, 7) is 0.777. The van der Waals surface area contributed by atoms with Crippen LogP contribution in [0.4, 0.5) is 0 Å². The van der Waals surface area contributed by atoms with Gasteiger partial charge < -0.3 is 10.1 Å². The first-order valence-electron chi connectivity index (χ1n) is 8.76. The van der Waals surface area contributed by atoms with E-state index >= 15 is 0 Å². The molecule has 0 aliphatic heterocycles. The quantitative estimate of drug-likeness (QED) is 0.663. The number of carbonyl (C=O) groups is 1. The summed E-state index contributed by atoms with van der Waals surface area (Å²) < 4.78 is 29.1. The van der Waals surface area contributed by atoms with Crippen molar-refractivity contribution in [1.82, 2.24) is 5.32 Å². The van der Waals surface area contributed by atoms with Crippen molar-refractivity contribution in [3.8, 4) is 5.75 Å². The van der Waals surface area contributed by atoms with Gasteiger partial charge in [0.1, 0.15) is 12.4 Å². The summed E-state index contributed by atoms with van der Waals surface area (Å²) in [5.41, 5.74) is 2.27. The average molecular weight is 395 g/mol. The van der Waals surface area contributed by atoms with Crippen LogP contribution in [0.5, 0.6) is 5.75 Å². The van der Waals surface area contributed by atoms with Crippen LogP contribution in [0.25, 0.3) is 0 Å². The lowest BCUT2D eigenvalue weighted by Gasteiger charge is -2.10. The lowest BCUT2D eigenvalue weighted by atomic mass is 10.2. The van der Waals surface area contributed by atoms with Gasteiger partial charge in [0.05, 0.1) is 4.90 Å². The highest BCUT2D eigenvalue weighted by Gasteiger charge is 2.11. The van der Waals surface area contributed by atoms with E-state index in [9.17, 15) is 13.2 Å². The monoisotopic (exact) mass is 395 g/mol. The Morgan fingerprint density at radius 3 is 2.36 bits per heavy atom. The molecule has 3 aromatic rings. The third kappa shape index (κ3) is 5.44. The summed E-state index contributed by atoms with van der Waals surface area (Å²) in [5.74, 6) is 0.385. The summed E-state index contributed by atoms with van der Waals surface area (Å²) in [5, 5.41) is 2.81. The van der Waals surface area contributed by atoms with E-state index in [0.29, 0.717) is 18.7 Å². The molecule has 1 N–H and O–H groups in total. The second-order valence-electron chi connectivity index (χ2n) is 6.40. The maximum Gasteiger partial charge on any atom is 0.251 e. The highest BCUT2D eigenvalue weighted by molar-refractivity contribution is 7.90. The molecule has 0 aliphatic rings. The Kier molecular flexibility index (Phi) is 6.11. The largest absolute Gasteiger partial charge is 0.489 e. The van der Waals surface area contributed by atoms with Crippen LogP contribution < -0.4 is 10.1 Å². The Bertz CT molecular complexity index is 1060. The molecule has 28 heavy (non-hydrogen) atoms. The van der Waals surface area contributed by atoms with E-state index in [4.69, 9.17) is 4.74 Å². The molecule has 144 valence electrons. The van der Waals surface area contributed by atoms with Gasteiger partial charge in [-0.3, -0.25) is 4.79 Å². The summed E-state index contributed by atoms with van der Waals surface area (Å²) in [6.07, 6.45) is 1.12. The van der Waals surface area contributed by atoms with Crippen molar-refractivity contribution in [3.05, 3.63) is 95.6 Å². The van der Waals surface area contributed by atoms with E-state index in [2.05, 4.69) is 5.32 Å². The number of benzene rings is 3. The molecule has 0 unspecified atom stereocenters. The summed E-state index contributed by atoms with van der Waals surface area (Å²) in [4.78, 5) is 12.5. The first-order valence-corrected chi connectivity index (χ1v) is 10.6. The van der Waals surface area contributed by atoms with Crippen molar-refractivity contribution in [2.45, 2.75) is 18.0 Å². The first-order chi connectivity index (χ1) is 13.4. The molecule has 3 aromatic carbocycles. The van der Waals surface area contributed by atoms with Gasteiger partial charge >= 0.3 is 0 Å². The molecular weight excluding hydrogens is 374 g/mol. The number of rotatable bonds is 7. The molecule has 0 fully saturated rings. The molecule has 3 rings (SSSR count). The smallest absolute Gasteiger partial charge is 0.251 e. The van der Waals surface area contributed by atoms with Crippen LogP contribution in [0.15, 0.2) is 83.8 Å². The standard InChI is InChI=1S/C22H21NO4S/c1-28(25,26)21-12-6-10-19(14-21)22(24)23-15-18-9-5-11-20(13-18)27-16-17-7-3-2-4-8-17/h2-14H,15-16H2,1H3,(H,23,24). The predicted molar refractivity (Wildman–Crippen MR) is 108 cm³/mol. The Balaban J connectivity index is 1.61. The summed E-state index contributed by atoms with van der Waals surface area (Å²) in [6, 6.07) is 23.4. The van der Waals surface area contributed by atoms with Crippen LogP contribution in [0.2, 0.25) is 0 Å². The van der Waals surface area contributed by atoms with Gasteiger partial charge in [-0.25, -0.2) is 8.42 Å². The van der Waals surface area contributed by atoms with E-state index in [1.54, 1.807) is 12.1 Å². The molecule has 5 nitrogen and oxygen atoms in total. The van der Waals surface area contributed by atoms with Crippen molar-refractivity contribution in [2.24, 2.45) is 0 Å². The van der Waals surface area contributed by atoms with E-state index in [1.807, 2.05) is 54.6 Å². The molecule has 0 heterocycles. The van der Waals surface area contributed by atoms with Crippen LogP contribution in [-0.4, -0.2) is 20.6 Å². The second kappa shape index (κ2) is 8.71. The van der Waals surface area contributed by atoms with Crippen LogP contribution in [0, 0.1) is 0 Å². The number of sulfone groups is 1. The van der Waals surface area contributed by atoms with Gasteiger partial charge in [-0.15, -0.1) is 0 Å². The minimum atomic E-state index is -3.36. The van der Waals surface area contributed by atoms with E-state index < -0.39 is 9.84 Å². The third-order valence-electron chi connectivity index (χ3n) is 4.12. The van der Waals surface area contributed by atoms with Crippen molar-refractivity contribution in [3.63, 3.8) is 0 Å². The number of carbonyl (C=O) groups excluding carboxylic acids is 1. The molecule has 0 radical (unpaired) electrons. The highest BCUT2D eigenvalue weighted by Crippen LogP contribution is 2.16.